The molecule has 12 nitrogen and oxygen atoms in total. The number of aryl methyl sites for hydroxylation is 1. The van der Waals surface area contributed by atoms with Gasteiger partial charge in [-0.3, -0.25) is 9.69 Å². The Labute approximate surface area is 270 Å². The van der Waals surface area contributed by atoms with Gasteiger partial charge in [0.2, 0.25) is 12.7 Å². The molecule has 1 atom stereocenters. The highest BCUT2D eigenvalue weighted by Gasteiger charge is 2.40. The van der Waals surface area contributed by atoms with Crippen LogP contribution >= 0.6 is 27.7 Å². The fourth-order valence-corrected chi connectivity index (χ4v) is 7.20. The second kappa shape index (κ2) is 13.0. The van der Waals surface area contributed by atoms with Gasteiger partial charge in [-0.25, -0.2) is 19.7 Å². The second-order valence-corrected chi connectivity index (χ2v) is 14.6. The van der Waals surface area contributed by atoms with Crippen LogP contribution in [0.1, 0.15) is 60.3 Å². The summed E-state index contributed by atoms with van der Waals surface area (Å²) in [7, 11) is 0. The minimum atomic E-state index is -1.06. The van der Waals surface area contributed by atoms with Crippen LogP contribution in [-0.2, 0) is 11.3 Å². The highest BCUT2D eigenvalue weighted by molar-refractivity contribution is 9.10. The van der Waals surface area contributed by atoms with Crippen molar-refractivity contribution in [3.63, 3.8) is 0 Å². The summed E-state index contributed by atoms with van der Waals surface area (Å²) in [5.41, 5.74) is 6.06. The summed E-state index contributed by atoms with van der Waals surface area (Å²) in [5, 5.41) is 10.5. The van der Waals surface area contributed by atoms with Crippen LogP contribution in [0, 0.1) is 11.8 Å². The number of nitrogens with zero attached hydrogens (tertiary/aromatic N) is 6. The van der Waals surface area contributed by atoms with Crippen molar-refractivity contribution in [1.29, 1.82) is 0 Å². The standard InChI is InChI=1S/C30H40BrN7O5S/c1-17(2)12-20(38(29(40)41)30(3,4)5)27(39)36-9-6-18(7-10-36)8-11-37-15-33-25(32)24-26(37)35-28(34-24)44-23-14-22-21(13-19(23)31)42-16-43-22/h13-15,17-18,20H,6-12,16,32H2,1-5H3,(H,40,41)/t20-/m0/s1. The molecule has 2 amide bonds. The number of amides is 2. The van der Waals surface area contributed by atoms with Gasteiger partial charge in [0.25, 0.3) is 0 Å². The molecule has 4 aliphatic heterocycles. The third kappa shape index (κ3) is 7.01. The van der Waals surface area contributed by atoms with E-state index in [1.807, 2.05) is 56.2 Å². The van der Waals surface area contributed by atoms with Crippen LogP contribution in [0.25, 0.3) is 11.5 Å². The lowest BCUT2D eigenvalue weighted by molar-refractivity contribution is -0.140. The van der Waals surface area contributed by atoms with Gasteiger partial charge in [0.05, 0.1) is 6.33 Å². The number of hydrogen-bond donors (Lipinski definition) is 2. The Hall–Kier alpha value is -3.26. The number of halogens is 1. The van der Waals surface area contributed by atoms with Crippen molar-refractivity contribution >= 4 is 45.5 Å². The molecule has 0 bridgehead atoms. The van der Waals surface area contributed by atoms with Gasteiger partial charge in [-0.1, -0.05) is 13.8 Å². The third-order valence-corrected chi connectivity index (χ3v) is 9.87. The maximum absolute atomic E-state index is 13.7. The molecule has 1 aromatic carbocycles. The molecule has 3 N–H and O–H groups in total. The zero-order chi connectivity index (χ0) is 31.8. The number of aromatic nitrogens is 4. The van der Waals surface area contributed by atoms with Gasteiger partial charge in [-0.2, -0.15) is 0 Å². The lowest BCUT2D eigenvalue weighted by Crippen LogP contribution is -2.58. The number of rotatable bonds is 9. The first kappa shape index (κ1) is 32.1. The molecule has 0 saturated carbocycles. The van der Waals surface area contributed by atoms with Gasteiger partial charge in [0.1, 0.15) is 6.04 Å². The minimum Gasteiger partial charge on any atom is -0.465 e. The molecular formula is C30H40BrN7O5S. The van der Waals surface area contributed by atoms with Crippen molar-refractivity contribution in [2.45, 2.75) is 88.5 Å². The van der Waals surface area contributed by atoms with E-state index in [1.54, 1.807) is 6.33 Å². The molecule has 44 heavy (non-hydrogen) atoms. The summed E-state index contributed by atoms with van der Waals surface area (Å²) in [6, 6.07) is 3.08. The molecule has 238 valence electrons. The van der Waals surface area contributed by atoms with Crippen molar-refractivity contribution in [3.8, 4) is 23.0 Å². The molecular weight excluding hydrogens is 650 g/mol. The molecule has 0 aliphatic carbocycles. The molecule has 0 aromatic heterocycles. The van der Waals surface area contributed by atoms with Crippen molar-refractivity contribution < 1.29 is 24.2 Å². The van der Waals surface area contributed by atoms with Crippen molar-refractivity contribution in [3.05, 3.63) is 22.9 Å². The molecule has 5 rings (SSSR count). The molecule has 0 spiro atoms. The fraction of sp³-hybridized carbons (Fsp3) is 0.567. The number of hydrogen-bond acceptors (Lipinski definition) is 9. The topological polar surface area (TPSA) is 149 Å². The summed E-state index contributed by atoms with van der Waals surface area (Å²) < 4.78 is 13.8. The molecule has 0 radical (unpaired) electrons. The van der Waals surface area contributed by atoms with Gasteiger partial charge in [0.15, 0.2) is 34.0 Å². The molecule has 1 saturated heterocycles. The van der Waals surface area contributed by atoms with Crippen LogP contribution in [0.5, 0.6) is 11.5 Å². The van der Waals surface area contributed by atoms with E-state index in [2.05, 4.69) is 25.9 Å². The van der Waals surface area contributed by atoms with E-state index in [4.69, 9.17) is 20.2 Å². The lowest BCUT2D eigenvalue weighted by atomic mass is 9.91. The Morgan fingerprint density at radius 3 is 2.50 bits per heavy atom. The van der Waals surface area contributed by atoms with E-state index in [-0.39, 0.29) is 18.6 Å². The van der Waals surface area contributed by atoms with E-state index in [9.17, 15) is 14.7 Å². The van der Waals surface area contributed by atoms with Gasteiger partial charge in [-0.15, -0.1) is 0 Å². The summed E-state index contributed by atoms with van der Waals surface area (Å²) in [6.45, 7) is 11.6. The normalized spacial score (nSPS) is 16.1. The summed E-state index contributed by atoms with van der Waals surface area (Å²) in [4.78, 5) is 43.8. The van der Waals surface area contributed by atoms with E-state index >= 15 is 0 Å². The average molecular weight is 691 g/mol. The summed E-state index contributed by atoms with van der Waals surface area (Å²) in [6.07, 6.45) is 3.72. The zero-order valence-corrected chi connectivity index (χ0v) is 28.2. The number of imidazole rings is 1. The fourth-order valence-electron chi connectivity index (χ4n) is 5.84. The molecule has 14 heteroatoms. The van der Waals surface area contributed by atoms with Crippen LogP contribution in [0.15, 0.2) is 33.0 Å². The van der Waals surface area contributed by atoms with Gasteiger partial charge < -0.3 is 29.8 Å². The Balaban J connectivity index is 1.23. The van der Waals surface area contributed by atoms with Crippen LogP contribution in [-0.4, -0.2) is 77.9 Å². The maximum Gasteiger partial charge on any atom is 0.408 e. The Bertz CT molecular complexity index is 1480. The summed E-state index contributed by atoms with van der Waals surface area (Å²) >= 11 is 5.00. The monoisotopic (exact) mass is 689 g/mol. The molecule has 1 aromatic rings. The Kier molecular flexibility index (Phi) is 9.49. The van der Waals surface area contributed by atoms with Crippen LogP contribution in [0.3, 0.4) is 0 Å². The zero-order valence-electron chi connectivity index (χ0n) is 25.7. The van der Waals surface area contributed by atoms with E-state index in [0.29, 0.717) is 66.0 Å². The number of nitrogens with two attached hydrogens (primary N) is 1. The quantitative estimate of drug-likeness (QED) is 0.281. The number of ether oxygens (including phenoxy) is 2. The number of carbonyl (C=O) groups excluding carboxylic acids is 1. The van der Waals surface area contributed by atoms with Crippen LogP contribution < -0.4 is 15.2 Å². The Morgan fingerprint density at radius 1 is 1.18 bits per heavy atom. The minimum absolute atomic E-state index is 0.0977. The predicted molar refractivity (Wildman–Crippen MR) is 170 cm³/mol. The third-order valence-electron chi connectivity index (χ3n) is 8.02. The first-order valence-electron chi connectivity index (χ1n) is 14.9. The predicted octanol–water partition coefficient (Wildman–Crippen LogP) is 5.82. The number of carbonyl (C=O) groups is 2. The highest BCUT2D eigenvalue weighted by atomic mass is 79.9. The van der Waals surface area contributed by atoms with Crippen molar-refractivity contribution in [2.24, 2.45) is 11.8 Å². The van der Waals surface area contributed by atoms with E-state index < -0.39 is 17.7 Å². The number of fused-ring (bicyclic) bond motifs is 2. The van der Waals surface area contributed by atoms with E-state index in [0.717, 1.165) is 28.6 Å². The molecule has 4 heterocycles. The smallest absolute Gasteiger partial charge is 0.408 e. The average Bonchev–Trinajstić information content (AvgIpc) is 3.58. The SMILES string of the molecule is CC(C)C[C@@H](C(=O)N1CCC(CCn2cnc(N)c3nc(Sc4cc5c(cc4Br)OCO5)nc2-3)CC1)N(C(=O)O)C(C)(C)C. The number of likely N-dealkylation sites (tertiary alicyclic amines) is 1. The summed E-state index contributed by atoms with van der Waals surface area (Å²) in [5.74, 6) is 2.87. The highest BCUT2D eigenvalue weighted by Crippen LogP contribution is 2.43. The maximum atomic E-state index is 13.7. The van der Waals surface area contributed by atoms with Crippen LogP contribution in [0.2, 0.25) is 0 Å². The second-order valence-electron chi connectivity index (χ2n) is 12.8. The number of piperidine rings is 1. The number of carboxylic acid groups (broad SMARTS) is 1. The molecule has 1 fully saturated rings. The lowest BCUT2D eigenvalue weighted by Gasteiger charge is -2.42. The van der Waals surface area contributed by atoms with Gasteiger partial charge in [-0.05, 0) is 98.1 Å². The first-order chi connectivity index (χ1) is 20.8. The van der Waals surface area contributed by atoms with Crippen LogP contribution in [0.4, 0.5) is 10.6 Å². The van der Waals surface area contributed by atoms with Gasteiger partial charge >= 0.3 is 6.09 Å². The van der Waals surface area contributed by atoms with Gasteiger partial charge in [0, 0.05) is 34.5 Å². The number of nitrogen functional groups attached to an aromatic ring is 1. The number of benzene rings is 1. The van der Waals surface area contributed by atoms with Crippen molar-refractivity contribution in [1.82, 2.24) is 29.3 Å². The molecule has 4 aliphatic rings. The largest absolute Gasteiger partial charge is 0.465 e. The van der Waals surface area contributed by atoms with E-state index in [1.165, 1.54) is 16.7 Å². The van der Waals surface area contributed by atoms with Crippen molar-refractivity contribution in [2.75, 3.05) is 25.6 Å². The molecule has 0 unspecified atom stereocenters. The number of anilines is 1. The first-order valence-corrected chi connectivity index (χ1v) is 16.5. The Morgan fingerprint density at radius 2 is 1.86 bits per heavy atom.